The number of aliphatic hydroxyl groups is 5. The van der Waals surface area contributed by atoms with Gasteiger partial charge in [0.1, 0.15) is 42.7 Å². The van der Waals surface area contributed by atoms with Gasteiger partial charge in [0.05, 0.1) is 24.9 Å². The number of aryl methyl sites for hydroxylation is 1. The van der Waals surface area contributed by atoms with E-state index in [-0.39, 0.29) is 36.0 Å². The van der Waals surface area contributed by atoms with E-state index in [1.165, 1.54) is 11.1 Å². The molecule has 0 spiro atoms. The lowest BCUT2D eigenvalue weighted by Gasteiger charge is -2.49. The van der Waals surface area contributed by atoms with Crippen molar-refractivity contribution in [3.63, 3.8) is 0 Å². The van der Waals surface area contributed by atoms with Crippen LogP contribution in [0.4, 0.5) is 0 Å². The maximum atomic E-state index is 14.1. The fourth-order valence-electron chi connectivity index (χ4n) is 11.1. The van der Waals surface area contributed by atoms with Crippen molar-refractivity contribution in [3.05, 3.63) is 33.8 Å². The first-order chi connectivity index (χ1) is 34.3. The van der Waals surface area contributed by atoms with Crippen LogP contribution in [0.25, 0.3) is 0 Å². The number of hydrogen-bond acceptors (Lipinski definition) is 17. The molecular formula is C51H85BrN6O13. The second-order valence-electron chi connectivity index (χ2n) is 21.0. The molecule has 19 nitrogen and oxygen atoms in total. The highest BCUT2D eigenvalue weighted by molar-refractivity contribution is 9.10. The predicted molar refractivity (Wildman–Crippen MR) is 267 cm³/mol. The zero-order valence-electron chi connectivity index (χ0n) is 41.9. The Labute approximate surface area is 428 Å². The molecule has 4 heterocycles. The van der Waals surface area contributed by atoms with E-state index in [0.717, 1.165) is 108 Å². The maximum absolute atomic E-state index is 14.1. The summed E-state index contributed by atoms with van der Waals surface area (Å²) in [6.07, 6.45) is -6.12. The number of amides is 1. The molecule has 6 fully saturated rings. The van der Waals surface area contributed by atoms with Crippen LogP contribution in [0.1, 0.15) is 95.6 Å². The number of benzene rings is 1. The molecule has 14 unspecified atom stereocenters. The Bertz CT molecular complexity index is 1770. The Hall–Kier alpha value is -1.96. The van der Waals surface area contributed by atoms with E-state index in [1.807, 2.05) is 6.92 Å². The number of nitrogens with one attached hydrogen (secondary N) is 5. The summed E-state index contributed by atoms with van der Waals surface area (Å²) in [5, 5.41) is 82.2. The number of aliphatic carboxylic acids is 1. The van der Waals surface area contributed by atoms with Crippen LogP contribution in [0, 0.1) is 23.7 Å². The van der Waals surface area contributed by atoms with Crippen LogP contribution in [0.2, 0.25) is 0 Å². The van der Waals surface area contributed by atoms with E-state index in [4.69, 9.17) is 23.7 Å². The quantitative estimate of drug-likeness (QED) is 0.0979. The lowest BCUT2D eigenvalue weighted by Crippen LogP contribution is -2.68. The highest BCUT2D eigenvalue weighted by atomic mass is 79.9. The number of carbonyl (C=O) groups is 2. The zero-order chi connectivity index (χ0) is 50.4. The van der Waals surface area contributed by atoms with E-state index >= 15 is 0 Å². The number of hydrogen-bond donors (Lipinski definition) is 11. The van der Waals surface area contributed by atoms with Gasteiger partial charge in [-0.2, -0.15) is 0 Å². The molecule has 2 saturated carbocycles. The van der Waals surface area contributed by atoms with Crippen molar-refractivity contribution < 1.29 is 63.9 Å². The second-order valence-corrected chi connectivity index (χ2v) is 21.9. The molecular weight excluding hydrogens is 984 g/mol. The Morgan fingerprint density at radius 3 is 2.23 bits per heavy atom. The van der Waals surface area contributed by atoms with Gasteiger partial charge >= 0.3 is 5.97 Å². The summed E-state index contributed by atoms with van der Waals surface area (Å²) in [7, 11) is 0. The van der Waals surface area contributed by atoms with Crippen molar-refractivity contribution in [2.24, 2.45) is 23.7 Å². The molecule has 6 aliphatic rings. The molecule has 1 amide bonds. The van der Waals surface area contributed by atoms with Gasteiger partial charge in [0.15, 0.2) is 18.7 Å². The number of rotatable bonds is 18. The van der Waals surface area contributed by atoms with Gasteiger partial charge in [-0.05, 0) is 139 Å². The minimum Gasteiger partial charge on any atom is -0.479 e. The van der Waals surface area contributed by atoms with E-state index in [1.54, 1.807) is 6.92 Å². The minimum absolute atomic E-state index is 0.104. The van der Waals surface area contributed by atoms with Crippen LogP contribution in [0.15, 0.2) is 22.7 Å². The van der Waals surface area contributed by atoms with Crippen LogP contribution in [-0.4, -0.2) is 199 Å². The monoisotopic (exact) mass is 1070 g/mol. The average Bonchev–Trinajstić information content (AvgIpc) is 4.20. The molecule has 71 heavy (non-hydrogen) atoms. The summed E-state index contributed by atoms with van der Waals surface area (Å²) in [4.78, 5) is 29.3. The Balaban J connectivity index is 1.11. The number of piperidine rings is 1. The molecule has 2 aliphatic carbocycles. The summed E-state index contributed by atoms with van der Waals surface area (Å²) in [6.45, 7) is 12.9. The first-order valence-electron chi connectivity index (χ1n) is 26.8. The van der Waals surface area contributed by atoms with Gasteiger partial charge in [0.25, 0.3) is 0 Å². The molecule has 20 heteroatoms. The van der Waals surface area contributed by atoms with Crippen molar-refractivity contribution in [1.82, 2.24) is 31.5 Å². The van der Waals surface area contributed by atoms with Crippen LogP contribution in [0.5, 0.6) is 0 Å². The van der Waals surface area contributed by atoms with Gasteiger partial charge in [0, 0.05) is 43.1 Å². The minimum atomic E-state index is -1.57. The number of halogens is 1. The third kappa shape index (κ3) is 16.3. The van der Waals surface area contributed by atoms with Gasteiger partial charge in [-0.1, -0.05) is 54.2 Å². The molecule has 0 radical (unpaired) electrons. The van der Waals surface area contributed by atoms with E-state index in [2.05, 4.69) is 65.6 Å². The average molecular weight is 1070 g/mol. The molecule has 11 N–H and O–H groups in total. The molecule has 15 atom stereocenters. The normalized spacial score (nSPS) is 36.1. The summed E-state index contributed by atoms with van der Waals surface area (Å²) >= 11 is 3.92. The van der Waals surface area contributed by atoms with Crippen molar-refractivity contribution in [2.45, 2.75) is 177 Å². The van der Waals surface area contributed by atoms with Crippen LogP contribution >= 0.6 is 15.9 Å². The Morgan fingerprint density at radius 1 is 0.817 bits per heavy atom. The molecule has 1 aromatic rings. The lowest BCUT2D eigenvalue weighted by atomic mass is 9.74. The maximum Gasteiger partial charge on any atom is 0.332 e. The van der Waals surface area contributed by atoms with Crippen molar-refractivity contribution >= 4 is 27.8 Å². The molecule has 0 bridgehead atoms. The smallest absolute Gasteiger partial charge is 0.332 e. The molecule has 7 rings (SSSR count). The van der Waals surface area contributed by atoms with Crippen LogP contribution in [-0.2, 0) is 46.2 Å². The summed E-state index contributed by atoms with van der Waals surface area (Å²) < 4.78 is 33.4. The number of carbonyl (C=O) groups excluding carboxylic acids is 1. The van der Waals surface area contributed by atoms with Gasteiger partial charge in [0.2, 0.25) is 5.91 Å². The summed E-state index contributed by atoms with van der Waals surface area (Å²) in [5.41, 5.74) is 2.41. The first-order valence-corrected chi connectivity index (χ1v) is 27.6. The van der Waals surface area contributed by atoms with Gasteiger partial charge in [-0.3, -0.25) is 9.69 Å². The van der Waals surface area contributed by atoms with E-state index in [0.29, 0.717) is 38.8 Å². The highest BCUT2D eigenvalue weighted by Crippen LogP contribution is 2.42. The molecule has 4 aliphatic heterocycles. The third-order valence-electron chi connectivity index (χ3n) is 15.7. The third-order valence-corrected chi connectivity index (χ3v) is 16.4. The van der Waals surface area contributed by atoms with Crippen molar-refractivity contribution in [2.75, 3.05) is 72.1 Å². The van der Waals surface area contributed by atoms with E-state index < -0.39 is 92.2 Å². The zero-order valence-corrected chi connectivity index (χ0v) is 43.5. The second kappa shape index (κ2) is 28.3. The number of nitrogens with zero attached hydrogens (tertiary/aromatic N) is 1. The highest BCUT2D eigenvalue weighted by Gasteiger charge is 2.53. The fraction of sp³-hybridized carbons (Fsp3) is 0.843. The lowest BCUT2D eigenvalue weighted by molar-refractivity contribution is -0.339. The standard InChI is InChI=1S/C51H85BrN6O13/c1-3-34-24-33(9-8-31-10-11-36(37(52)25-31)28-58-22-5-16-54-20-19-53-14-4-15-55-21-23-58)27-38(46(34)71-51-45(63)44(62)42(60)30(2)67-51)69-50-41(57-48(64)35-12-17-56-18-13-35)47(43(61)40(29-59)70-50)68-39(49(65)66)26-32-6-7-32/h10-11,25,30,32-35,38-47,50-51,53-56,59-63H,3-9,12-24,26-29H2,1-2H3,(H,57,64)(H,65,66)/t30?,33?,34?,38?,39-,40?,41?,42?,43?,44?,45?,46?,47?,50?,51?/m0/s1. The predicted octanol–water partition coefficient (Wildman–Crippen LogP) is 0.981. The number of aliphatic hydroxyl groups excluding tert-OH is 5. The van der Waals surface area contributed by atoms with Crippen molar-refractivity contribution in [1.29, 1.82) is 0 Å². The molecule has 1 aromatic carbocycles. The SMILES string of the molecule is CCC1CC(CCc2ccc(CN3CCCNCCNCCCNCC3)c(Br)c2)CC(OC2OC(CO)C(O)C(O[C@@H](CC3CC3)C(=O)O)C2NC(=O)C2CCNCC2)C1OC1OC(C)C(O)C(O)C1O. The number of carboxylic acid groups (broad SMARTS) is 1. The first kappa shape index (κ1) is 56.8. The van der Waals surface area contributed by atoms with Gasteiger partial charge < -0.3 is 80.9 Å². The Morgan fingerprint density at radius 2 is 1.54 bits per heavy atom. The molecule has 4 saturated heterocycles. The fourth-order valence-corrected chi connectivity index (χ4v) is 11.6. The summed E-state index contributed by atoms with van der Waals surface area (Å²) in [6, 6.07) is 5.45. The van der Waals surface area contributed by atoms with Gasteiger partial charge in [-0.15, -0.1) is 0 Å². The van der Waals surface area contributed by atoms with E-state index in [9.17, 15) is 40.2 Å². The summed E-state index contributed by atoms with van der Waals surface area (Å²) in [5.74, 6) is -1.74. The number of carboxylic acids is 1. The van der Waals surface area contributed by atoms with Crippen LogP contribution in [0.3, 0.4) is 0 Å². The Kier molecular flexibility index (Phi) is 22.6. The molecule has 404 valence electrons. The largest absolute Gasteiger partial charge is 0.479 e. The number of ether oxygens (including phenoxy) is 5. The van der Waals surface area contributed by atoms with Crippen molar-refractivity contribution in [3.8, 4) is 0 Å². The molecule has 0 aromatic heterocycles. The van der Waals surface area contributed by atoms with Crippen LogP contribution < -0.4 is 26.6 Å². The van der Waals surface area contributed by atoms with Gasteiger partial charge in [-0.25, -0.2) is 4.79 Å². The topological polar surface area (TPSA) is 265 Å².